The number of H-pyrrole nitrogens is 2. The molecular weight excluding hydrogens is 354 g/mol. The Hall–Kier alpha value is -3.32. The van der Waals surface area contributed by atoms with Crippen LogP contribution in [-0.4, -0.2) is 33.2 Å². The van der Waals surface area contributed by atoms with Crippen LogP contribution < -0.4 is 10.1 Å². The number of nitrogens with one attached hydrogen (secondary N) is 3. The third-order valence-corrected chi connectivity index (χ3v) is 4.15. The number of aromatic nitrogens is 4. The number of carbonyl (C=O) groups excluding carboxylic acids is 1. The molecule has 26 heavy (non-hydrogen) atoms. The van der Waals surface area contributed by atoms with Gasteiger partial charge in [0.15, 0.2) is 11.5 Å². The molecule has 0 radical (unpaired) electrons. The van der Waals surface area contributed by atoms with Gasteiger partial charge in [-0.25, -0.2) is 4.98 Å². The number of rotatable bonds is 4. The second-order valence-corrected chi connectivity index (χ2v) is 5.99. The van der Waals surface area contributed by atoms with E-state index < -0.39 is 0 Å². The van der Waals surface area contributed by atoms with E-state index in [9.17, 15) is 4.79 Å². The molecule has 0 aliphatic rings. The second kappa shape index (κ2) is 6.53. The van der Waals surface area contributed by atoms with Gasteiger partial charge in [0.1, 0.15) is 5.75 Å². The van der Waals surface area contributed by atoms with E-state index >= 15 is 0 Å². The highest BCUT2D eigenvalue weighted by Gasteiger charge is 2.18. The van der Waals surface area contributed by atoms with Crippen LogP contribution in [0.15, 0.2) is 48.7 Å². The maximum atomic E-state index is 12.7. The number of para-hydroxylation sites is 2. The fraction of sp³-hybridized carbons (Fsp3) is 0.0556. The highest BCUT2D eigenvalue weighted by Crippen LogP contribution is 2.28. The van der Waals surface area contributed by atoms with Crippen LogP contribution >= 0.6 is 11.6 Å². The van der Waals surface area contributed by atoms with Crippen LogP contribution in [0.25, 0.3) is 22.6 Å². The van der Waals surface area contributed by atoms with Gasteiger partial charge in [0.25, 0.3) is 5.91 Å². The summed E-state index contributed by atoms with van der Waals surface area (Å²) in [6.45, 7) is 0. The smallest absolute Gasteiger partial charge is 0.259 e. The number of fused-ring (bicyclic) bond motifs is 1. The summed E-state index contributed by atoms with van der Waals surface area (Å²) in [4.78, 5) is 20.4. The average molecular weight is 368 g/mol. The number of benzene rings is 2. The van der Waals surface area contributed by atoms with E-state index in [1.807, 2.05) is 24.3 Å². The van der Waals surface area contributed by atoms with E-state index in [2.05, 4.69) is 25.5 Å². The number of hydrogen-bond acceptors (Lipinski definition) is 4. The van der Waals surface area contributed by atoms with Crippen LogP contribution in [0.1, 0.15) is 10.4 Å². The molecule has 4 rings (SSSR count). The number of anilines is 1. The SMILES string of the molecule is COc1cc(Cl)ccc1C(=O)Nc1c[nH]nc1-c1nc2ccccc2[nH]1. The highest BCUT2D eigenvalue weighted by atomic mass is 35.5. The number of nitrogens with zero attached hydrogens (tertiary/aromatic N) is 2. The van der Waals surface area contributed by atoms with Gasteiger partial charge >= 0.3 is 0 Å². The summed E-state index contributed by atoms with van der Waals surface area (Å²) in [5.74, 6) is 0.617. The maximum absolute atomic E-state index is 12.7. The predicted octanol–water partition coefficient (Wildman–Crippen LogP) is 3.87. The number of aromatic amines is 2. The first-order valence-corrected chi connectivity index (χ1v) is 8.17. The second-order valence-electron chi connectivity index (χ2n) is 5.55. The zero-order chi connectivity index (χ0) is 18.1. The topological polar surface area (TPSA) is 95.7 Å². The van der Waals surface area contributed by atoms with E-state index in [0.29, 0.717) is 33.5 Å². The number of ether oxygens (including phenoxy) is 1. The van der Waals surface area contributed by atoms with E-state index in [0.717, 1.165) is 11.0 Å². The number of hydrogen-bond donors (Lipinski definition) is 3. The number of imidazole rings is 1. The van der Waals surface area contributed by atoms with Gasteiger partial charge < -0.3 is 15.0 Å². The van der Waals surface area contributed by atoms with Crippen LogP contribution in [0.2, 0.25) is 5.02 Å². The summed E-state index contributed by atoms with van der Waals surface area (Å²) >= 11 is 5.95. The summed E-state index contributed by atoms with van der Waals surface area (Å²) in [5.41, 5.74) is 3.10. The van der Waals surface area contributed by atoms with Crippen molar-refractivity contribution in [2.45, 2.75) is 0 Å². The van der Waals surface area contributed by atoms with Crippen LogP contribution in [0, 0.1) is 0 Å². The van der Waals surface area contributed by atoms with Crippen molar-refractivity contribution in [3.8, 4) is 17.3 Å². The Balaban J connectivity index is 1.66. The molecule has 0 aliphatic heterocycles. The fourth-order valence-electron chi connectivity index (χ4n) is 2.67. The minimum atomic E-state index is -0.336. The first-order valence-electron chi connectivity index (χ1n) is 7.79. The predicted molar refractivity (Wildman–Crippen MR) is 99.6 cm³/mol. The van der Waals surface area contributed by atoms with Gasteiger partial charge in [-0.05, 0) is 30.3 Å². The number of amides is 1. The Kier molecular flexibility index (Phi) is 4.06. The molecule has 0 atom stereocenters. The van der Waals surface area contributed by atoms with Crippen molar-refractivity contribution >= 4 is 34.2 Å². The molecule has 0 spiro atoms. The monoisotopic (exact) mass is 367 g/mol. The van der Waals surface area contributed by atoms with Gasteiger partial charge in [0, 0.05) is 11.2 Å². The molecule has 0 saturated carbocycles. The zero-order valence-corrected chi connectivity index (χ0v) is 14.5. The molecule has 4 aromatic rings. The summed E-state index contributed by atoms with van der Waals surface area (Å²) in [7, 11) is 1.49. The normalized spacial score (nSPS) is 10.8. The van der Waals surface area contributed by atoms with Crippen molar-refractivity contribution in [3.63, 3.8) is 0 Å². The van der Waals surface area contributed by atoms with E-state index in [1.165, 1.54) is 7.11 Å². The third kappa shape index (κ3) is 2.89. The Morgan fingerprint density at radius 1 is 1.23 bits per heavy atom. The molecule has 7 nitrogen and oxygen atoms in total. The third-order valence-electron chi connectivity index (χ3n) is 3.91. The summed E-state index contributed by atoms with van der Waals surface area (Å²) in [6.07, 6.45) is 1.60. The molecule has 130 valence electrons. The number of halogens is 1. The van der Waals surface area contributed by atoms with Crippen LogP contribution in [0.5, 0.6) is 5.75 Å². The van der Waals surface area contributed by atoms with Gasteiger partial charge in [-0.1, -0.05) is 23.7 Å². The number of methoxy groups -OCH3 is 1. The van der Waals surface area contributed by atoms with Crippen molar-refractivity contribution in [2.75, 3.05) is 12.4 Å². The lowest BCUT2D eigenvalue weighted by Gasteiger charge is -2.09. The van der Waals surface area contributed by atoms with Crippen LogP contribution in [-0.2, 0) is 0 Å². The quantitative estimate of drug-likeness (QED) is 0.510. The van der Waals surface area contributed by atoms with Crippen molar-refractivity contribution in [3.05, 3.63) is 59.2 Å². The van der Waals surface area contributed by atoms with Gasteiger partial charge in [-0.15, -0.1) is 0 Å². The molecule has 2 aromatic carbocycles. The Bertz CT molecular complexity index is 1070. The van der Waals surface area contributed by atoms with Crippen LogP contribution in [0.4, 0.5) is 5.69 Å². The van der Waals surface area contributed by atoms with Crippen molar-refractivity contribution in [1.29, 1.82) is 0 Å². The summed E-state index contributed by atoms with van der Waals surface area (Å²) in [5, 5.41) is 10.3. The average Bonchev–Trinajstić information content (AvgIpc) is 3.27. The minimum Gasteiger partial charge on any atom is -0.496 e. The van der Waals surface area contributed by atoms with Crippen LogP contribution in [0.3, 0.4) is 0 Å². The van der Waals surface area contributed by atoms with Gasteiger partial charge in [0.2, 0.25) is 0 Å². The van der Waals surface area contributed by atoms with E-state index in [-0.39, 0.29) is 5.91 Å². The molecule has 0 aliphatic carbocycles. The lowest BCUT2D eigenvalue weighted by atomic mass is 10.2. The van der Waals surface area contributed by atoms with Gasteiger partial charge in [-0.2, -0.15) is 5.10 Å². The first kappa shape index (κ1) is 16.2. The fourth-order valence-corrected chi connectivity index (χ4v) is 2.84. The van der Waals surface area contributed by atoms with E-state index in [4.69, 9.17) is 16.3 Å². The number of carbonyl (C=O) groups is 1. The Morgan fingerprint density at radius 3 is 2.88 bits per heavy atom. The molecule has 0 saturated heterocycles. The molecule has 3 N–H and O–H groups in total. The molecule has 2 aromatic heterocycles. The minimum absolute atomic E-state index is 0.336. The molecule has 8 heteroatoms. The van der Waals surface area contributed by atoms with Crippen molar-refractivity contribution in [1.82, 2.24) is 20.2 Å². The summed E-state index contributed by atoms with van der Waals surface area (Å²) < 4.78 is 5.23. The first-order chi connectivity index (χ1) is 12.7. The largest absolute Gasteiger partial charge is 0.496 e. The summed E-state index contributed by atoms with van der Waals surface area (Å²) in [6, 6.07) is 12.5. The standard InChI is InChI=1S/C18H14ClN5O2/c1-26-15-8-10(19)6-7-11(15)18(25)23-14-9-20-24-16(14)17-21-12-4-2-3-5-13(12)22-17/h2-9H,1H3,(H,20,24)(H,21,22)(H,23,25). The van der Waals surface area contributed by atoms with Gasteiger partial charge in [0.05, 0.1) is 29.4 Å². The molecule has 1 amide bonds. The Labute approximate surface area is 153 Å². The highest BCUT2D eigenvalue weighted by molar-refractivity contribution is 6.31. The Morgan fingerprint density at radius 2 is 2.08 bits per heavy atom. The van der Waals surface area contributed by atoms with E-state index in [1.54, 1.807) is 24.4 Å². The van der Waals surface area contributed by atoms with Crippen molar-refractivity contribution < 1.29 is 9.53 Å². The lowest BCUT2D eigenvalue weighted by molar-refractivity contribution is 0.102. The molecule has 2 heterocycles. The maximum Gasteiger partial charge on any atom is 0.259 e. The molecule has 0 bridgehead atoms. The van der Waals surface area contributed by atoms with Crippen molar-refractivity contribution in [2.24, 2.45) is 0 Å². The zero-order valence-electron chi connectivity index (χ0n) is 13.7. The molecule has 0 fully saturated rings. The lowest BCUT2D eigenvalue weighted by Crippen LogP contribution is -2.13. The van der Waals surface area contributed by atoms with Gasteiger partial charge in [-0.3, -0.25) is 9.89 Å². The molecule has 0 unspecified atom stereocenters. The molecular formula is C18H14ClN5O2.